The van der Waals surface area contributed by atoms with Gasteiger partial charge in [-0.15, -0.1) is 0 Å². The van der Waals surface area contributed by atoms with E-state index in [0.29, 0.717) is 5.02 Å². The Kier molecular flexibility index (Phi) is 5.09. The molecule has 0 saturated heterocycles. The van der Waals surface area contributed by atoms with Gasteiger partial charge in [-0.25, -0.2) is 0 Å². The summed E-state index contributed by atoms with van der Waals surface area (Å²) in [5, 5.41) is 9.38. The van der Waals surface area contributed by atoms with Crippen molar-refractivity contribution in [1.29, 1.82) is 0 Å². The van der Waals surface area contributed by atoms with E-state index in [2.05, 4.69) is 12.2 Å². The van der Waals surface area contributed by atoms with Crippen molar-refractivity contribution in [3.63, 3.8) is 0 Å². The molecule has 0 radical (unpaired) electrons. The van der Waals surface area contributed by atoms with Crippen molar-refractivity contribution >= 4 is 28.4 Å². The Morgan fingerprint density at radius 1 is 1.20 bits per heavy atom. The van der Waals surface area contributed by atoms with Crippen LogP contribution >= 0.6 is 11.6 Å². The van der Waals surface area contributed by atoms with Crippen molar-refractivity contribution in [3.8, 4) is 11.3 Å². The largest absolute Gasteiger partial charge is 0.352 e. The molecule has 1 amide bonds. The van der Waals surface area contributed by atoms with E-state index in [9.17, 15) is 4.79 Å². The molecule has 130 valence electrons. The van der Waals surface area contributed by atoms with Crippen molar-refractivity contribution in [2.45, 2.75) is 39.3 Å². The molecule has 0 fully saturated rings. The Bertz CT molecular complexity index is 889. The number of hydrogen-bond acceptors (Lipinski definition) is 2. The number of carbonyl (C=O) groups excluding carboxylic acids is 1. The highest BCUT2D eigenvalue weighted by atomic mass is 35.5. The van der Waals surface area contributed by atoms with Crippen molar-refractivity contribution in [1.82, 2.24) is 15.1 Å². The molecule has 3 aromatic rings. The molecule has 1 N–H and O–H groups in total. The number of nitrogens with zero attached hydrogens (tertiary/aromatic N) is 2. The molecule has 0 aliphatic carbocycles. The number of carbonyl (C=O) groups is 1. The lowest BCUT2D eigenvalue weighted by atomic mass is 10.1. The van der Waals surface area contributed by atoms with Gasteiger partial charge in [-0.2, -0.15) is 5.10 Å². The first kappa shape index (κ1) is 17.5. The van der Waals surface area contributed by atoms with Crippen LogP contribution in [0.5, 0.6) is 0 Å². The Morgan fingerprint density at radius 2 is 1.92 bits per heavy atom. The topological polar surface area (TPSA) is 46.9 Å². The zero-order valence-corrected chi connectivity index (χ0v) is 15.4. The minimum absolute atomic E-state index is 0.0340. The van der Waals surface area contributed by atoms with E-state index in [1.807, 2.05) is 62.4 Å². The second-order valence-corrected chi connectivity index (χ2v) is 6.75. The van der Waals surface area contributed by atoms with Crippen LogP contribution in [0.1, 0.15) is 33.2 Å². The van der Waals surface area contributed by atoms with Crippen LogP contribution in [0, 0.1) is 0 Å². The molecule has 2 aromatic carbocycles. The molecule has 4 nitrogen and oxygen atoms in total. The lowest BCUT2D eigenvalue weighted by Crippen LogP contribution is -2.37. The third kappa shape index (κ3) is 3.54. The van der Waals surface area contributed by atoms with E-state index < -0.39 is 6.04 Å². The molecular weight excluding hydrogens is 334 g/mol. The van der Waals surface area contributed by atoms with Gasteiger partial charge in [0.25, 0.3) is 0 Å². The Hall–Kier alpha value is -2.33. The SMILES string of the molecule is CC[C@H](C)NC(=O)[C@@H](C)n1nc(-c2ccccc2)c2cc(Cl)ccc21. The van der Waals surface area contributed by atoms with Crippen LogP contribution in [0.3, 0.4) is 0 Å². The van der Waals surface area contributed by atoms with Crippen molar-refractivity contribution in [2.75, 3.05) is 0 Å². The summed E-state index contributed by atoms with van der Waals surface area (Å²) in [4.78, 5) is 12.6. The fraction of sp³-hybridized carbons (Fsp3) is 0.300. The first-order valence-corrected chi connectivity index (χ1v) is 8.92. The van der Waals surface area contributed by atoms with Gasteiger partial charge < -0.3 is 5.32 Å². The molecule has 0 unspecified atom stereocenters. The molecule has 2 atom stereocenters. The highest BCUT2D eigenvalue weighted by molar-refractivity contribution is 6.31. The van der Waals surface area contributed by atoms with Gasteiger partial charge in [0.15, 0.2) is 0 Å². The second kappa shape index (κ2) is 7.28. The number of hydrogen-bond donors (Lipinski definition) is 1. The number of aromatic nitrogens is 2. The van der Waals surface area contributed by atoms with Gasteiger partial charge in [0.1, 0.15) is 11.7 Å². The minimum atomic E-state index is -0.407. The van der Waals surface area contributed by atoms with Crippen LogP contribution < -0.4 is 5.32 Å². The molecule has 0 aliphatic heterocycles. The van der Waals surface area contributed by atoms with E-state index in [-0.39, 0.29) is 11.9 Å². The molecule has 1 heterocycles. The highest BCUT2D eigenvalue weighted by Crippen LogP contribution is 2.31. The first-order valence-electron chi connectivity index (χ1n) is 8.54. The number of amides is 1. The summed E-state index contributed by atoms with van der Waals surface area (Å²) in [5.74, 6) is -0.0340. The molecule has 25 heavy (non-hydrogen) atoms. The predicted molar refractivity (Wildman–Crippen MR) is 103 cm³/mol. The molecule has 0 spiro atoms. The fourth-order valence-corrected chi connectivity index (χ4v) is 2.97. The summed E-state index contributed by atoms with van der Waals surface area (Å²) >= 11 is 6.20. The van der Waals surface area contributed by atoms with E-state index in [4.69, 9.17) is 16.7 Å². The van der Waals surface area contributed by atoms with E-state index in [0.717, 1.165) is 28.6 Å². The molecule has 5 heteroatoms. The number of benzene rings is 2. The van der Waals surface area contributed by atoms with E-state index in [1.54, 1.807) is 4.68 Å². The Labute approximate surface area is 152 Å². The van der Waals surface area contributed by atoms with Crippen molar-refractivity contribution in [2.24, 2.45) is 0 Å². The maximum atomic E-state index is 12.6. The average Bonchev–Trinajstić information content (AvgIpc) is 3.00. The van der Waals surface area contributed by atoms with Crippen molar-refractivity contribution in [3.05, 3.63) is 53.6 Å². The smallest absolute Gasteiger partial charge is 0.244 e. The summed E-state index contributed by atoms with van der Waals surface area (Å²) in [6, 6.07) is 15.3. The first-order chi connectivity index (χ1) is 12.0. The van der Waals surface area contributed by atoms with Crippen LogP contribution in [0.2, 0.25) is 5.02 Å². The lowest BCUT2D eigenvalue weighted by molar-refractivity contribution is -0.124. The highest BCUT2D eigenvalue weighted by Gasteiger charge is 2.22. The van der Waals surface area contributed by atoms with Crippen LogP contribution in [-0.2, 0) is 4.79 Å². The van der Waals surface area contributed by atoms with Gasteiger partial charge in [0, 0.05) is 22.0 Å². The van der Waals surface area contributed by atoms with Gasteiger partial charge >= 0.3 is 0 Å². The summed E-state index contributed by atoms with van der Waals surface area (Å²) in [7, 11) is 0. The summed E-state index contributed by atoms with van der Waals surface area (Å²) in [6.07, 6.45) is 0.892. The van der Waals surface area contributed by atoms with Crippen LogP contribution in [0.15, 0.2) is 48.5 Å². The zero-order chi connectivity index (χ0) is 18.0. The van der Waals surface area contributed by atoms with Crippen LogP contribution in [-0.4, -0.2) is 21.7 Å². The zero-order valence-electron chi connectivity index (χ0n) is 14.7. The third-order valence-corrected chi connectivity index (χ3v) is 4.70. The van der Waals surface area contributed by atoms with Crippen molar-refractivity contribution < 1.29 is 4.79 Å². The Morgan fingerprint density at radius 3 is 2.60 bits per heavy atom. The number of nitrogens with one attached hydrogen (secondary N) is 1. The van der Waals surface area contributed by atoms with Gasteiger partial charge in [-0.1, -0.05) is 48.9 Å². The molecular formula is C20H22ClN3O. The molecule has 0 aliphatic rings. The van der Waals surface area contributed by atoms with Crippen LogP contribution in [0.25, 0.3) is 22.2 Å². The standard InChI is InChI=1S/C20H22ClN3O/c1-4-13(2)22-20(25)14(3)24-18-11-10-16(21)12-17(18)19(23-24)15-8-6-5-7-9-15/h5-14H,4H2,1-3H3,(H,22,25)/t13-,14+/m0/s1. The normalized spacial score (nSPS) is 13.6. The number of rotatable bonds is 5. The van der Waals surface area contributed by atoms with E-state index in [1.165, 1.54) is 0 Å². The fourth-order valence-electron chi connectivity index (χ4n) is 2.79. The summed E-state index contributed by atoms with van der Waals surface area (Å²) in [5.41, 5.74) is 2.74. The van der Waals surface area contributed by atoms with Gasteiger partial charge in [-0.3, -0.25) is 9.48 Å². The predicted octanol–water partition coefficient (Wildman–Crippen LogP) is 4.83. The molecule has 1 aromatic heterocycles. The molecule has 0 bridgehead atoms. The van der Waals surface area contributed by atoms with Crippen LogP contribution in [0.4, 0.5) is 0 Å². The van der Waals surface area contributed by atoms with Gasteiger partial charge in [0.05, 0.1) is 5.52 Å². The maximum absolute atomic E-state index is 12.6. The summed E-state index contributed by atoms with van der Waals surface area (Å²) < 4.78 is 1.78. The average molecular weight is 356 g/mol. The molecule has 0 saturated carbocycles. The van der Waals surface area contributed by atoms with E-state index >= 15 is 0 Å². The third-order valence-electron chi connectivity index (χ3n) is 4.46. The number of fused-ring (bicyclic) bond motifs is 1. The minimum Gasteiger partial charge on any atom is -0.352 e. The lowest BCUT2D eigenvalue weighted by Gasteiger charge is -2.17. The second-order valence-electron chi connectivity index (χ2n) is 6.31. The number of halogens is 1. The van der Waals surface area contributed by atoms with Gasteiger partial charge in [0.2, 0.25) is 5.91 Å². The maximum Gasteiger partial charge on any atom is 0.244 e. The Balaban J connectivity index is 2.09. The quantitative estimate of drug-likeness (QED) is 0.712. The van der Waals surface area contributed by atoms with Gasteiger partial charge in [-0.05, 0) is 38.5 Å². The monoisotopic (exact) mass is 355 g/mol. The summed E-state index contributed by atoms with van der Waals surface area (Å²) in [6.45, 7) is 5.92. The molecule has 3 rings (SSSR count).